The lowest BCUT2D eigenvalue weighted by atomic mass is 10.1. The fourth-order valence-corrected chi connectivity index (χ4v) is 2.78. The highest BCUT2D eigenvalue weighted by molar-refractivity contribution is 14.1. The smallest absolute Gasteiger partial charge is 0.271 e. The van der Waals surface area contributed by atoms with Crippen molar-refractivity contribution in [3.8, 4) is 0 Å². The minimum atomic E-state index is -0.406. The Kier molecular flexibility index (Phi) is 2.67. The maximum atomic E-state index is 10.9. The van der Waals surface area contributed by atoms with Crippen LogP contribution >= 0.6 is 34.2 Å². The average molecular weight is 374 g/mol. The summed E-state index contributed by atoms with van der Waals surface area (Å²) in [4.78, 5) is 10.5. The van der Waals surface area contributed by atoms with Gasteiger partial charge < -0.3 is 4.42 Å². The van der Waals surface area contributed by atoms with Crippen LogP contribution in [0.5, 0.6) is 0 Å². The fourth-order valence-electron chi connectivity index (χ4n) is 1.90. The van der Waals surface area contributed by atoms with Gasteiger partial charge in [0.1, 0.15) is 11.2 Å². The van der Waals surface area contributed by atoms with Crippen LogP contribution in [0.3, 0.4) is 0 Å². The molecule has 0 bridgehead atoms. The van der Waals surface area contributed by atoms with Gasteiger partial charge >= 0.3 is 0 Å². The summed E-state index contributed by atoms with van der Waals surface area (Å²) < 4.78 is 6.40. The van der Waals surface area contributed by atoms with Crippen molar-refractivity contribution in [1.29, 1.82) is 0 Å². The van der Waals surface area contributed by atoms with Crippen molar-refractivity contribution in [1.82, 2.24) is 0 Å². The van der Waals surface area contributed by atoms with Gasteiger partial charge in [-0.25, -0.2) is 0 Å². The Morgan fingerprint density at radius 2 is 2.00 bits per heavy atom. The molecule has 0 fully saturated rings. The minimum Gasteiger partial charge on any atom is -0.455 e. The summed E-state index contributed by atoms with van der Waals surface area (Å²) in [7, 11) is 0. The van der Waals surface area contributed by atoms with Crippen LogP contribution in [0.25, 0.3) is 21.9 Å². The monoisotopic (exact) mass is 373 g/mol. The lowest BCUT2D eigenvalue weighted by Gasteiger charge is -1.94. The van der Waals surface area contributed by atoms with E-state index in [1.165, 1.54) is 12.1 Å². The largest absolute Gasteiger partial charge is 0.455 e. The van der Waals surface area contributed by atoms with Gasteiger partial charge in [0.25, 0.3) is 5.69 Å². The maximum Gasteiger partial charge on any atom is 0.271 e. The molecule has 18 heavy (non-hydrogen) atoms. The number of halogens is 2. The van der Waals surface area contributed by atoms with Crippen LogP contribution in [-0.4, -0.2) is 4.92 Å². The van der Waals surface area contributed by atoms with E-state index in [4.69, 9.17) is 16.0 Å². The third kappa shape index (κ3) is 1.74. The summed E-state index contributed by atoms with van der Waals surface area (Å²) in [5.74, 6) is 0. The number of fused-ring (bicyclic) bond motifs is 3. The minimum absolute atomic E-state index is 0.0598. The van der Waals surface area contributed by atoms with Crippen molar-refractivity contribution in [2.75, 3.05) is 0 Å². The molecule has 3 aromatic rings. The Labute approximate surface area is 120 Å². The molecule has 1 aromatic heterocycles. The quantitative estimate of drug-likeness (QED) is 0.351. The summed E-state index contributed by atoms with van der Waals surface area (Å²) >= 11 is 7.93. The molecule has 6 heteroatoms. The fraction of sp³-hybridized carbons (Fsp3) is 0. The number of nitro benzene ring substituents is 1. The highest BCUT2D eigenvalue weighted by Gasteiger charge is 2.16. The Morgan fingerprint density at radius 1 is 1.22 bits per heavy atom. The number of rotatable bonds is 1. The van der Waals surface area contributed by atoms with Crippen molar-refractivity contribution in [2.24, 2.45) is 0 Å². The van der Waals surface area contributed by atoms with E-state index < -0.39 is 4.92 Å². The number of non-ortho nitro benzene ring substituents is 1. The van der Waals surface area contributed by atoms with Gasteiger partial charge in [0.05, 0.1) is 8.49 Å². The van der Waals surface area contributed by atoms with Crippen molar-refractivity contribution in [3.63, 3.8) is 0 Å². The van der Waals surface area contributed by atoms with Crippen LogP contribution in [0, 0.1) is 13.7 Å². The summed E-state index contributed by atoms with van der Waals surface area (Å²) in [5.41, 5.74) is 1.35. The van der Waals surface area contributed by atoms with E-state index in [2.05, 4.69) is 0 Å². The molecule has 0 amide bonds. The lowest BCUT2D eigenvalue weighted by molar-refractivity contribution is -0.384. The molecule has 0 N–H and O–H groups in total. The van der Waals surface area contributed by atoms with Gasteiger partial charge in [-0.1, -0.05) is 11.6 Å². The molecule has 0 unspecified atom stereocenters. The Bertz CT molecular complexity index is 797. The molecule has 1 heterocycles. The second kappa shape index (κ2) is 4.10. The third-order valence-electron chi connectivity index (χ3n) is 2.69. The summed E-state index contributed by atoms with van der Waals surface area (Å²) in [6.07, 6.45) is 0. The van der Waals surface area contributed by atoms with Gasteiger partial charge in [-0.05, 0) is 34.7 Å². The number of hydrogen-bond acceptors (Lipinski definition) is 3. The predicted molar refractivity (Wildman–Crippen MR) is 78.1 cm³/mol. The van der Waals surface area contributed by atoms with Gasteiger partial charge in [0, 0.05) is 34.0 Å². The number of hydrogen-bond donors (Lipinski definition) is 0. The summed E-state index contributed by atoms with van der Waals surface area (Å²) in [6, 6.07) is 8.27. The van der Waals surface area contributed by atoms with E-state index >= 15 is 0 Å². The first kappa shape index (κ1) is 11.7. The molecule has 0 aliphatic rings. The van der Waals surface area contributed by atoms with Crippen molar-refractivity contribution in [3.05, 3.63) is 49.0 Å². The molecule has 0 saturated heterocycles. The number of nitrogens with zero attached hydrogens (tertiary/aromatic N) is 1. The molecule has 4 nitrogen and oxygen atoms in total. The van der Waals surface area contributed by atoms with E-state index in [-0.39, 0.29) is 5.69 Å². The van der Waals surface area contributed by atoms with E-state index in [0.717, 1.165) is 10.8 Å². The van der Waals surface area contributed by atoms with Crippen molar-refractivity contribution in [2.45, 2.75) is 0 Å². The second-order valence-electron chi connectivity index (χ2n) is 3.80. The van der Waals surface area contributed by atoms with E-state index in [1.54, 1.807) is 12.1 Å². The van der Waals surface area contributed by atoms with E-state index in [1.807, 2.05) is 28.7 Å². The molecular weight excluding hydrogens is 368 g/mol. The van der Waals surface area contributed by atoms with Gasteiger partial charge in [-0.2, -0.15) is 0 Å². The predicted octanol–water partition coefficient (Wildman–Crippen LogP) is 4.75. The standard InChI is InChI=1S/C12H5ClINO3/c13-6-1-2-8-9-4-7(15(16)17)5-10(14)12(9)18-11(8)3-6/h1-5H. The van der Waals surface area contributed by atoms with Gasteiger partial charge in [-0.15, -0.1) is 0 Å². The van der Waals surface area contributed by atoms with Crippen molar-refractivity contribution < 1.29 is 9.34 Å². The average Bonchev–Trinajstić information content (AvgIpc) is 2.67. The highest BCUT2D eigenvalue weighted by Crippen LogP contribution is 2.35. The van der Waals surface area contributed by atoms with Crippen LogP contribution in [0.2, 0.25) is 5.02 Å². The summed E-state index contributed by atoms with van der Waals surface area (Å²) in [5, 5.41) is 13.0. The van der Waals surface area contributed by atoms with Crippen LogP contribution in [0.4, 0.5) is 5.69 Å². The first-order valence-electron chi connectivity index (χ1n) is 5.02. The molecule has 90 valence electrons. The van der Waals surface area contributed by atoms with Gasteiger partial charge in [0.2, 0.25) is 0 Å². The molecule has 0 spiro atoms. The van der Waals surface area contributed by atoms with Crippen LogP contribution in [-0.2, 0) is 0 Å². The van der Waals surface area contributed by atoms with Crippen LogP contribution < -0.4 is 0 Å². The Balaban J connectivity index is 2.47. The molecule has 0 aliphatic carbocycles. The third-order valence-corrected chi connectivity index (χ3v) is 3.72. The van der Waals surface area contributed by atoms with E-state index in [9.17, 15) is 10.1 Å². The zero-order valence-electron chi connectivity index (χ0n) is 8.81. The van der Waals surface area contributed by atoms with Crippen LogP contribution in [0.15, 0.2) is 34.7 Å². The molecule has 0 radical (unpaired) electrons. The molecule has 0 saturated carbocycles. The molecule has 0 atom stereocenters. The second-order valence-corrected chi connectivity index (χ2v) is 5.40. The SMILES string of the molecule is O=[N+]([O-])c1cc(I)c2oc3cc(Cl)ccc3c2c1. The Morgan fingerprint density at radius 3 is 2.72 bits per heavy atom. The number of benzene rings is 2. The highest BCUT2D eigenvalue weighted by atomic mass is 127. The van der Waals surface area contributed by atoms with Gasteiger partial charge in [-0.3, -0.25) is 10.1 Å². The first-order chi connectivity index (χ1) is 8.56. The zero-order chi connectivity index (χ0) is 12.9. The first-order valence-corrected chi connectivity index (χ1v) is 6.47. The molecule has 3 rings (SSSR count). The topological polar surface area (TPSA) is 56.3 Å². The molecule has 0 aliphatic heterocycles. The number of nitro groups is 1. The zero-order valence-corrected chi connectivity index (χ0v) is 11.7. The Hall–Kier alpha value is -1.34. The molecule has 2 aromatic carbocycles. The van der Waals surface area contributed by atoms with E-state index in [0.29, 0.717) is 19.8 Å². The summed E-state index contributed by atoms with van der Waals surface area (Å²) in [6.45, 7) is 0. The normalized spacial score (nSPS) is 11.2. The van der Waals surface area contributed by atoms with Crippen LogP contribution in [0.1, 0.15) is 0 Å². The number of furan rings is 1. The van der Waals surface area contributed by atoms with Crippen molar-refractivity contribution >= 4 is 61.8 Å². The molecular formula is C12H5ClINO3. The van der Waals surface area contributed by atoms with Gasteiger partial charge in [0.15, 0.2) is 0 Å². The maximum absolute atomic E-state index is 10.9. The lowest BCUT2D eigenvalue weighted by Crippen LogP contribution is -1.88.